The van der Waals surface area contributed by atoms with Gasteiger partial charge in [0.1, 0.15) is 4.83 Å². The Bertz CT molecular complexity index is 1300. The third-order valence-corrected chi connectivity index (χ3v) is 7.09. The Morgan fingerprint density at radius 2 is 1.87 bits per heavy atom. The Balaban J connectivity index is 1.61. The molecule has 0 aliphatic heterocycles. The van der Waals surface area contributed by atoms with Crippen LogP contribution in [0.2, 0.25) is 0 Å². The van der Waals surface area contributed by atoms with E-state index in [1.807, 2.05) is 43.3 Å². The summed E-state index contributed by atoms with van der Waals surface area (Å²) in [6, 6.07) is 13.4. The number of Topliss-reactive ketones (excluding diaryl/α,β-unsaturated/α-hetero) is 1. The molecule has 1 aromatic carbocycles. The molecule has 3 aromatic heterocycles. The largest absolute Gasteiger partial charge is 0.351 e. The second-order valence-corrected chi connectivity index (χ2v) is 9.05. The number of rotatable bonds is 6. The van der Waals surface area contributed by atoms with Crippen molar-refractivity contribution >= 4 is 44.6 Å². The van der Waals surface area contributed by atoms with Crippen molar-refractivity contribution in [1.29, 1.82) is 0 Å². The molecule has 0 saturated heterocycles. The van der Waals surface area contributed by atoms with E-state index < -0.39 is 0 Å². The molecule has 0 fully saturated rings. The van der Waals surface area contributed by atoms with E-state index >= 15 is 0 Å². The molecular formula is C22H19N3O3S2. The van der Waals surface area contributed by atoms with E-state index in [1.54, 1.807) is 6.07 Å². The van der Waals surface area contributed by atoms with Gasteiger partial charge in [0.25, 0.3) is 5.56 Å². The summed E-state index contributed by atoms with van der Waals surface area (Å²) in [6.45, 7) is 3.68. The van der Waals surface area contributed by atoms with Crippen LogP contribution in [-0.4, -0.2) is 21.2 Å². The molecule has 152 valence electrons. The van der Waals surface area contributed by atoms with Gasteiger partial charge < -0.3 is 5.32 Å². The third-order valence-electron chi connectivity index (χ3n) is 4.72. The fourth-order valence-corrected chi connectivity index (χ4v) is 5.23. The summed E-state index contributed by atoms with van der Waals surface area (Å²) in [5, 5.41) is 3.27. The molecular weight excluding hydrogens is 418 g/mol. The monoisotopic (exact) mass is 437 g/mol. The van der Waals surface area contributed by atoms with Crippen molar-refractivity contribution in [1.82, 2.24) is 14.9 Å². The van der Waals surface area contributed by atoms with E-state index in [0.717, 1.165) is 20.9 Å². The first-order valence-electron chi connectivity index (χ1n) is 9.34. The summed E-state index contributed by atoms with van der Waals surface area (Å²) in [5.41, 5.74) is 1.72. The van der Waals surface area contributed by atoms with Gasteiger partial charge in [0, 0.05) is 16.7 Å². The highest BCUT2D eigenvalue weighted by Gasteiger charge is 2.17. The van der Waals surface area contributed by atoms with Gasteiger partial charge in [-0.05, 0) is 30.2 Å². The minimum absolute atomic E-state index is 0.0716. The average Bonchev–Trinajstić information content (AvgIpc) is 3.34. The van der Waals surface area contributed by atoms with Crippen molar-refractivity contribution in [3.63, 3.8) is 0 Å². The number of aryl methyl sites for hydroxylation is 1. The molecule has 0 aliphatic rings. The number of nitrogens with one attached hydrogen (secondary N) is 1. The lowest BCUT2D eigenvalue weighted by Gasteiger charge is -2.04. The topological polar surface area (TPSA) is 81.1 Å². The van der Waals surface area contributed by atoms with Gasteiger partial charge in [0.15, 0.2) is 5.78 Å². The number of amides is 1. The maximum Gasteiger partial charge on any atom is 0.262 e. The quantitative estimate of drug-likeness (QED) is 0.462. The van der Waals surface area contributed by atoms with E-state index in [9.17, 15) is 14.4 Å². The fourth-order valence-electron chi connectivity index (χ4n) is 3.20. The number of thiophene rings is 2. The molecule has 0 aliphatic carbocycles. The minimum atomic E-state index is -0.209. The molecule has 0 bridgehead atoms. The van der Waals surface area contributed by atoms with Gasteiger partial charge in [0.2, 0.25) is 5.91 Å². The van der Waals surface area contributed by atoms with Crippen molar-refractivity contribution in [2.45, 2.75) is 26.9 Å². The first kappa shape index (κ1) is 20.2. The fraction of sp³-hybridized carbons (Fsp3) is 0.182. The zero-order valence-corrected chi connectivity index (χ0v) is 18.1. The number of nitrogens with zero attached hydrogens (tertiary/aromatic N) is 2. The average molecular weight is 438 g/mol. The van der Waals surface area contributed by atoms with Crippen LogP contribution in [0, 0.1) is 6.92 Å². The lowest BCUT2D eigenvalue weighted by molar-refractivity contribution is -0.119. The molecule has 0 unspecified atom stereocenters. The number of hydrogen-bond acceptors (Lipinski definition) is 6. The van der Waals surface area contributed by atoms with Crippen LogP contribution in [0.3, 0.4) is 0 Å². The number of benzene rings is 1. The van der Waals surface area contributed by atoms with Crippen LogP contribution in [0.15, 0.2) is 53.6 Å². The normalized spacial score (nSPS) is 11.0. The molecule has 8 heteroatoms. The summed E-state index contributed by atoms with van der Waals surface area (Å²) < 4.78 is 1.37. The highest BCUT2D eigenvalue weighted by Crippen LogP contribution is 2.35. The second-order valence-electron chi connectivity index (χ2n) is 6.88. The molecule has 0 spiro atoms. The van der Waals surface area contributed by atoms with Crippen LogP contribution < -0.4 is 10.9 Å². The zero-order valence-electron chi connectivity index (χ0n) is 16.5. The standard InChI is InChI=1S/C22H19N3O3S2/c1-13-19-21(30-20(13)15-6-4-3-5-7-15)24-12-25(22(19)28)11-17(27)18-9-8-16(29-18)10-23-14(2)26/h3-9,12H,10-11H2,1-2H3,(H,23,26). The van der Waals surface area contributed by atoms with Crippen molar-refractivity contribution in [3.05, 3.63) is 74.5 Å². The minimum Gasteiger partial charge on any atom is -0.351 e. The molecule has 4 rings (SSSR count). The molecule has 0 radical (unpaired) electrons. The number of fused-ring (bicyclic) bond motifs is 1. The Morgan fingerprint density at radius 3 is 2.60 bits per heavy atom. The highest BCUT2D eigenvalue weighted by molar-refractivity contribution is 7.22. The van der Waals surface area contributed by atoms with Crippen LogP contribution >= 0.6 is 22.7 Å². The molecule has 4 aromatic rings. The lowest BCUT2D eigenvalue weighted by atomic mass is 10.1. The predicted molar refractivity (Wildman–Crippen MR) is 120 cm³/mol. The van der Waals surface area contributed by atoms with E-state index in [-0.39, 0.29) is 23.8 Å². The summed E-state index contributed by atoms with van der Waals surface area (Å²) in [5.74, 6) is -0.281. The zero-order chi connectivity index (χ0) is 21.3. The van der Waals surface area contributed by atoms with E-state index in [2.05, 4.69) is 10.3 Å². The van der Waals surface area contributed by atoms with Gasteiger partial charge in [-0.25, -0.2) is 4.98 Å². The van der Waals surface area contributed by atoms with E-state index in [1.165, 1.54) is 40.5 Å². The van der Waals surface area contributed by atoms with Crippen molar-refractivity contribution in [2.24, 2.45) is 0 Å². The van der Waals surface area contributed by atoms with Crippen LogP contribution in [0.5, 0.6) is 0 Å². The molecule has 0 atom stereocenters. The Morgan fingerprint density at radius 1 is 1.10 bits per heavy atom. The molecule has 3 heterocycles. The van der Waals surface area contributed by atoms with E-state index in [0.29, 0.717) is 21.6 Å². The number of carbonyl (C=O) groups excluding carboxylic acids is 2. The van der Waals surface area contributed by atoms with Crippen LogP contribution in [0.1, 0.15) is 27.0 Å². The van der Waals surface area contributed by atoms with E-state index in [4.69, 9.17) is 0 Å². The van der Waals surface area contributed by atoms with Crippen molar-refractivity contribution in [2.75, 3.05) is 0 Å². The van der Waals surface area contributed by atoms with Gasteiger partial charge in [-0.3, -0.25) is 19.0 Å². The number of hydrogen-bond donors (Lipinski definition) is 1. The van der Waals surface area contributed by atoms with Crippen LogP contribution in [-0.2, 0) is 17.9 Å². The smallest absolute Gasteiger partial charge is 0.262 e. The summed E-state index contributed by atoms with van der Waals surface area (Å²) in [4.78, 5) is 44.4. The maximum absolute atomic E-state index is 13.1. The second kappa shape index (κ2) is 8.33. The van der Waals surface area contributed by atoms with Gasteiger partial charge in [-0.1, -0.05) is 30.3 Å². The summed E-state index contributed by atoms with van der Waals surface area (Å²) >= 11 is 2.80. The van der Waals surface area contributed by atoms with Crippen LogP contribution in [0.25, 0.3) is 20.7 Å². The van der Waals surface area contributed by atoms with Gasteiger partial charge in [0.05, 0.1) is 29.7 Å². The van der Waals surface area contributed by atoms with Crippen LogP contribution in [0.4, 0.5) is 0 Å². The third kappa shape index (κ3) is 3.96. The Kier molecular flexibility index (Phi) is 5.61. The maximum atomic E-state index is 13.1. The van der Waals surface area contributed by atoms with Gasteiger partial charge in [-0.2, -0.15) is 0 Å². The lowest BCUT2D eigenvalue weighted by Crippen LogP contribution is -2.24. The first-order chi connectivity index (χ1) is 14.4. The van der Waals surface area contributed by atoms with Gasteiger partial charge in [-0.15, -0.1) is 22.7 Å². The summed E-state index contributed by atoms with van der Waals surface area (Å²) in [7, 11) is 0. The number of carbonyl (C=O) groups is 2. The molecule has 0 saturated carbocycles. The first-order valence-corrected chi connectivity index (χ1v) is 11.0. The Hall–Kier alpha value is -3.10. The molecule has 1 amide bonds. The molecule has 30 heavy (non-hydrogen) atoms. The number of ketones is 1. The van der Waals surface area contributed by atoms with Gasteiger partial charge >= 0.3 is 0 Å². The van der Waals surface area contributed by atoms with Crippen molar-refractivity contribution in [3.8, 4) is 10.4 Å². The molecule has 6 nitrogen and oxygen atoms in total. The summed E-state index contributed by atoms with van der Waals surface area (Å²) in [6.07, 6.45) is 1.44. The SMILES string of the molecule is CC(=O)NCc1ccc(C(=O)Cn2cnc3sc(-c4ccccc4)c(C)c3c2=O)s1. The highest BCUT2D eigenvalue weighted by atomic mass is 32.1. The van der Waals surface area contributed by atoms with Crippen molar-refractivity contribution < 1.29 is 9.59 Å². The molecule has 1 N–H and O–H groups in total. The Labute approximate surface area is 180 Å². The predicted octanol–water partition coefficient (Wildman–Crippen LogP) is 4.01. The number of aromatic nitrogens is 2.